The SMILES string of the molecule is CC(NCCCCN1CCOCC1)C1CC1. The van der Waals surface area contributed by atoms with Gasteiger partial charge in [-0.3, -0.25) is 4.90 Å². The van der Waals surface area contributed by atoms with E-state index in [4.69, 9.17) is 4.74 Å². The molecular formula is C13H26N2O. The average Bonchev–Trinajstić information content (AvgIpc) is 3.13. The van der Waals surface area contributed by atoms with Gasteiger partial charge in [0.25, 0.3) is 0 Å². The predicted octanol–water partition coefficient (Wildman–Crippen LogP) is 1.49. The smallest absolute Gasteiger partial charge is 0.0594 e. The van der Waals surface area contributed by atoms with Crippen LogP contribution in [0.4, 0.5) is 0 Å². The van der Waals surface area contributed by atoms with E-state index in [9.17, 15) is 0 Å². The number of ether oxygens (including phenoxy) is 1. The average molecular weight is 226 g/mol. The molecule has 0 aromatic rings. The molecule has 2 aliphatic rings. The zero-order chi connectivity index (χ0) is 11.2. The third kappa shape index (κ3) is 4.40. The van der Waals surface area contributed by atoms with Crippen LogP contribution in [0.25, 0.3) is 0 Å². The Kier molecular flexibility index (Phi) is 5.07. The van der Waals surface area contributed by atoms with Crippen molar-refractivity contribution in [1.82, 2.24) is 10.2 Å². The Morgan fingerprint density at radius 3 is 2.69 bits per heavy atom. The molecule has 16 heavy (non-hydrogen) atoms. The molecule has 0 aromatic heterocycles. The standard InChI is InChI=1S/C13H26N2O/c1-12(13-4-5-13)14-6-2-3-7-15-8-10-16-11-9-15/h12-14H,2-11H2,1H3. The van der Waals surface area contributed by atoms with Crippen LogP contribution in [-0.4, -0.2) is 50.3 Å². The lowest BCUT2D eigenvalue weighted by atomic mass is 10.2. The van der Waals surface area contributed by atoms with Crippen LogP contribution in [-0.2, 0) is 4.74 Å². The van der Waals surface area contributed by atoms with Crippen molar-refractivity contribution in [3.63, 3.8) is 0 Å². The van der Waals surface area contributed by atoms with Gasteiger partial charge in [-0.25, -0.2) is 0 Å². The highest BCUT2D eigenvalue weighted by Crippen LogP contribution is 2.32. The van der Waals surface area contributed by atoms with E-state index in [0.29, 0.717) is 0 Å². The molecule has 1 heterocycles. The lowest BCUT2D eigenvalue weighted by Crippen LogP contribution is -2.37. The predicted molar refractivity (Wildman–Crippen MR) is 66.7 cm³/mol. The highest BCUT2D eigenvalue weighted by atomic mass is 16.5. The van der Waals surface area contributed by atoms with Gasteiger partial charge in [0.2, 0.25) is 0 Å². The molecule has 3 nitrogen and oxygen atoms in total. The van der Waals surface area contributed by atoms with E-state index in [2.05, 4.69) is 17.1 Å². The molecule has 1 unspecified atom stereocenters. The first kappa shape index (κ1) is 12.3. The van der Waals surface area contributed by atoms with E-state index >= 15 is 0 Å². The third-order valence-corrected chi connectivity index (χ3v) is 3.80. The van der Waals surface area contributed by atoms with Gasteiger partial charge in [0.1, 0.15) is 0 Å². The summed E-state index contributed by atoms with van der Waals surface area (Å²) in [5.41, 5.74) is 0. The molecule has 1 aliphatic carbocycles. The van der Waals surface area contributed by atoms with Gasteiger partial charge in [-0.05, 0) is 51.6 Å². The molecule has 1 saturated carbocycles. The minimum atomic E-state index is 0.753. The van der Waals surface area contributed by atoms with Crippen molar-refractivity contribution in [3.8, 4) is 0 Å². The fourth-order valence-electron chi connectivity index (χ4n) is 2.38. The summed E-state index contributed by atoms with van der Waals surface area (Å²) in [4.78, 5) is 2.52. The molecule has 0 amide bonds. The van der Waals surface area contributed by atoms with E-state index in [-0.39, 0.29) is 0 Å². The lowest BCUT2D eigenvalue weighted by Gasteiger charge is -2.26. The van der Waals surface area contributed by atoms with Crippen LogP contribution in [0.5, 0.6) is 0 Å². The van der Waals surface area contributed by atoms with Gasteiger partial charge in [0.15, 0.2) is 0 Å². The van der Waals surface area contributed by atoms with Crippen molar-refractivity contribution in [2.45, 2.75) is 38.6 Å². The molecule has 1 atom stereocenters. The molecule has 1 aliphatic heterocycles. The van der Waals surface area contributed by atoms with Crippen LogP contribution >= 0.6 is 0 Å². The quantitative estimate of drug-likeness (QED) is 0.666. The summed E-state index contributed by atoms with van der Waals surface area (Å²) >= 11 is 0. The second-order valence-corrected chi connectivity index (χ2v) is 5.24. The highest BCUT2D eigenvalue weighted by Gasteiger charge is 2.27. The zero-order valence-electron chi connectivity index (χ0n) is 10.6. The fraction of sp³-hybridized carbons (Fsp3) is 1.00. The van der Waals surface area contributed by atoms with Gasteiger partial charge in [0.05, 0.1) is 13.2 Å². The minimum Gasteiger partial charge on any atom is -0.379 e. The summed E-state index contributed by atoms with van der Waals surface area (Å²) in [6, 6.07) is 0.753. The van der Waals surface area contributed by atoms with Gasteiger partial charge < -0.3 is 10.1 Å². The van der Waals surface area contributed by atoms with Crippen LogP contribution in [0.15, 0.2) is 0 Å². The van der Waals surface area contributed by atoms with E-state index in [1.165, 1.54) is 38.8 Å². The number of nitrogens with one attached hydrogen (secondary N) is 1. The van der Waals surface area contributed by atoms with E-state index in [1.54, 1.807) is 0 Å². The summed E-state index contributed by atoms with van der Waals surface area (Å²) in [5.74, 6) is 0.985. The third-order valence-electron chi connectivity index (χ3n) is 3.80. The fourth-order valence-corrected chi connectivity index (χ4v) is 2.38. The van der Waals surface area contributed by atoms with Crippen LogP contribution in [0.2, 0.25) is 0 Å². The maximum absolute atomic E-state index is 5.34. The summed E-state index contributed by atoms with van der Waals surface area (Å²) in [5, 5.41) is 3.64. The Hall–Kier alpha value is -0.120. The van der Waals surface area contributed by atoms with Crippen LogP contribution in [0, 0.1) is 5.92 Å². The van der Waals surface area contributed by atoms with Crippen molar-refractivity contribution in [2.24, 2.45) is 5.92 Å². The van der Waals surface area contributed by atoms with Gasteiger partial charge >= 0.3 is 0 Å². The first-order valence-corrected chi connectivity index (χ1v) is 6.90. The van der Waals surface area contributed by atoms with E-state index in [1.807, 2.05) is 0 Å². The number of unbranched alkanes of at least 4 members (excludes halogenated alkanes) is 1. The number of nitrogens with zero attached hydrogens (tertiary/aromatic N) is 1. The highest BCUT2D eigenvalue weighted by molar-refractivity contribution is 4.82. The number of morpholine rings is 1. The molecule has 3 heteroatoms. The largest absolute Gasteiger partial charge is 0.379 e. The molecule has 0 spiro atoms. The van der Waals surface area contributed by atoms with Gasteiger partial charge in [-0.2, -0.15) is 0 Å². The summed E-state index contributed by atoms with van der Waals surface area (Å²) < 4.78 is 5.34. The van der Waals surface area contributed by atoms with Crippen LogP contribution < -0.4 is 5.32 Å². The van der Waals surface area contributed by atoms with Crippen LogP contribution in [0.1, 0.15) is 32.6 Å². The molecule has 2 fully saturated rings. The Morgan fingerprint density at radius 2 is 2.00 bits per heavy atom. The number of hydrogen-bond acceptors (Lipinski definition) is 3. The van der Waals surface area contributed by atoms with E-state index < -0.39 is 0 Å². The summed E-state index contributed by atoms with van der Waals surface area (Å²) in [6.45, 7) is 8.90. The zero-order valence-corrected chi connectivity index (χ0v) is 10.6. The first-order valence-electron chi connectivity index (χ1n) is 6.90. The Labute approximate surface area is 99.5 Å². The summed E-state index contributed by atoms with van der Waals surface area (Å²) in [6.07, 6.45) is 5.53. The Morgan fingerprint density at radius 1 is 1.25 bits per heavy atom. The maximum atomic E-state index is 5.34. The topological polar surface area (TPSA) is 24.5 Å². The second kappa shape index (κ2) is 6.58. The van der Waals surface area contributed by atoms with Crippen molar-refractivity contribution in [1.29, 1.82) is 0 Å². The summed E-state index contributed by atoms with van der Waals surface area (Å²) in [7, 11) is 0. The van der Waals surface area contributed by atoms with Gasteiger partial charge in [-0.1, -0.05) is 0 Å². The molecule has 2 rings (SSSR count). The van der Waals surface area contributed by atoms with Gasteiger partial charge in [0, 0.05) is 19.1 Å². The van der Waals surface area contributed by atoms with Crippen molar-refractivity contribution < 1.29 is 4.74 Å². The minimum absolute atomic E-state index is 0.753. The maximum Gasteiger partial charge on any atom is 0.0594 e. The first-order chi connectivity index (χ1) is 7.86. The van der Waals surface area contributed by atoms with Crippen LogP contribution in [0.3, 0.4) is 0 Å². The Bertz CT molecular complexity index is 188. The molecule has 1 N–H and O–H groups in total. The monoisotopic (exact) mass is 226 g/mol. The Balaban J connectivity index is 1.42. The molecule has 1 saturated heterocycles. The molecule has 0 radical (unpaired) electrons. The lowest BCUT2D eigenvalue weighted by molar-refractivity contribution is 0.0372. The van der Waals surface area contributed by atoms with Gasteiger partial charge in [-0.15, -0.1) is 0 Å². The van der Waals surface area contributed by atoms with E-state index in [0.717, 1.165) is 38.3 Å². The van der Waals surface area contributed by atoms with Crippen molar-refractivity contribution >= 4 is 0 Å². The normalized spacial score (nSPS) is 24.6. The molecular weight excluding hydrogens is 200 g/mol. The molecule has 0 aromatic carbocycles. The molecule has 94 valence electrons. The second-order valence-electron chi connectivity index (χ2n) is 5.24. The van der Waals surface area contributed by atoms with Crippen molar-refractivity contribution in [3.05, 3.63) is 0 Å². The number of rotatable bonds is 7. The molecule has 0 bridgehead atoms. The van der Waals surface area contributed by atoms with Crippen molar-refractivity contribution in [2.75, 3.05) is 39.4 Å². The number of hydrogen-bond donors (Lipinski definition) is 1.